The third-order valence-electron chi connectivity index (χ3n) is 2.83. The first-order valence-electron chi connectivity index (χ1n) is 7.19. The maximum absolute atomic E-state index is 11.6. The zero-order valence-electron chi connectivity index (χ0n) is 13.9. The molecule has 0 aromatic carbocycles. The lowest BCUT2D eigenvalue weighted by Gasteiger charge is -2.19. The Morgan fingerprint density at radius 1 is 1.38 bits per heavy atom. The van der Waals surface area contributed by atoms with E-state index in [9.17, 15) is 4.79 Å². The van der Waals surface area contributed by atoms with E-state index in [4.69, 9.17) is 19.3 Å². The number of alkyl carbamates (subject to hydrolysis) is 1. The van der Waals surface area contributed by atoms with Crippen LogP contribution < -0.4 is 10.1 Å². The monoisotopic (exact) mass is 330 g/mol. The van der Waals surface area contributed by atoms with Crippen molar-refractivity contribution in [2.24, 2.45) is 0 Å². The molecule has 0 atom stereocenters. The van der Waals surface area contributed by atoms with Gasteiger partial charge in [-0.05, 0) is 20.8 Å². The quantitative estimate of drug-likeness (QED) is 0.917. The van der Waals surface area contributed by atoms with Gasteiger partial charge in [0.15, 0.2) is 5.76 Å². The van der Waals surface area contributed by atoms with Crippen molar-refractivity contribution in [2.45, 2.75) is 32.9 Å². The fourth-order valence-corrected chi connectivity index (χ4v) is 1.82. The molecule has 0 aliphatic heterocycles. The zero-order valence-corrected chi connectivity index (χ0v) is 13.9. The van der Waals surface area contributed by atoms with E-state index < -0.39 is 11.7 Å². The van der Waals surface area contributed by atoms with Crippen molar-refractivity contribution < 1.29 is 18.8 Å². The molecule has 1 N–H and O–H groups in total. The molecule has 2 aromatic heterocycles. The summed E-state index contributed by atoms with van der Waals surface area (Å²) in [6.07, 6.45) is 0.861. The van der Waals surface area contributed by atoms with Gasteiger partial charge < -0.3 is 19.3 Å². The third-order valence-corrected chi connectivity index (χ3v) is 2.83. The highest BCUT2D eigenvalue weighted by Gasteiger charge is 2.17. The minimum atomic E-state index is -0.570. The summed E-state index contributed by atoms with van der Waals surface area (Å²) < 4.78 is 15.4. The van der Waals surface area contributed by atoms with Gasteiger partial charge in [-0.1, -0.05) is 5.16 Å². The van der Waals surface area contributed by atoms with Crippen LogP contribution >= 0.6 is 0 Å². The number of methoxy groups -OCH3 is 1. The van der Waals surface area contributed by atoms with Crippen molar-refractivity contribution in [1.82, 2.24) is 15.5 Å². The van der Waals surface area contributed by atoms with E-state index in [1.165, 1.54) is 13.3 Å². The largest absolute Gasteiger partial charge is 0.495 e. The Hall–Kier alpha value is -3.08. The molecule has 0 fully saturated rings. The summed E-state index contributed by atoms with van der Waals surface area (Å²) >= 11 is 0. The number of rotatable bonds is 4. The molecule has 0 aliphatic rings. The second kappa shape index (κ2) is 7.00. The summed E-state index contributed by atoms with van der Waals surface area (Å²) in [7, 11) is 1.47. The van der Waals surface area contributed by atoms with Gasteiger partial charge >= 0.3 is 6.09 Å². The molecule has 0 radical (unpaired) electrons. The number of carbonyl (C=O) groups is 1. The molecule has 0 spiro atoms. The Morgan fingerprint density at radius 3 is 2.75 bits per heavy atom. The first-order valence-corrected chi connectivity index (χ1v) is 7.19. The molecule has 24 heavy (non-hydrogen) atoms. The zero-order chi connectivity index (χ0) is 17.7. The Bertz CT molecular complexity index is 771. The highest BCUT2D eigenvalue weighted by molar-refractivity contribution is 5.67. The summed E-state index contributed by atoms with van der Waals surface area (Å²) in [6, 6.07) is 5.23. The highest BCUT2D eigenvalue weighted by Crippen LogP contribution is 2.24. The van der Waals surface area contributed by atoms with Crippen molar-refractivity contribution in [3.05, 3.63) is 29.7 Å². The maximum Gasteiger partial charge on any atom is 0.408 e. The van der Waals surface area contributed by atoms with Crippen LogP contribution in [0.4, 0.5) is 4.79 Å². The Kier molecular flexibility index (Phi) is 5.04. The fraction of sp³-hybridized carbons (Fsp3) is 0.375. The Balaban J connectivity index is 2.06. The fourth-order valence-electron chi connectivity index (χ4n) is 1.82. The van der Waals surface area contributed by atoms with E-state index in [2.05, 4.69) is 15.5 Å². The summed E-state index contributed by atoms with van der Waals surface area (Å²) in [4.78, 5) is 15.8. The van der Waals surface area contributed by atoms with Crippen LogP contribution in [0.25, 0.3) is 11.4 Å². The number of amides is 1. The van der Waals surface area contributed by atoms with E-state index >= 15 is 0 Å². The van der Waals surface area contributed by atoms with Crippen LogP contribution in [0.15, 0.2) is 22.9 Å². The topological polar surface area (TPSA) is 110 Å². The lowest BCUT2D eigenvalue weighted by atomic mass is 10.2. The van der Waals surface area contributed by atoms with E-state index in [0.29, 0.717) is 28.5 Å². The van der Waals surface area contributed by atoms with Crippen LogP contribution in [-0.2, 0) is 11.3 Å². The molecule has 8 heteroatoms. The molecule has 1 amide bonds. The number of pyridine rings is 1. The molecule has 126 valence electrons. The van der Waals surface area contributed by atoms with Gasteiger partial charge in [0.2, 0.25) is 0 Å². The van der Waals surface area contributed by atoms with E-state index in [1.807, 2.05) is 6.07 Å². The molecule has 2 heterocycles. The van der Waals surface area contributed by atoms with Gasteiger partial charge in [0, 0.05) is 18.3 Å². The third kappa shape index (κ3) is 4.46. The minimum Gasteiger partial charge on any atom is -0.495 e. The van der Waals surface area contributed by atoms with Crippen LogP contribution in [0.3, 0.4) is 0 Å². The number of nitrogens with zero attached hydrogens (tertiary/aromatic N) is 3. The van der Waals surface area contributed by atoms with Gasteiger partial charge in [-0.25, -0.2) is 4.79 Å². The van der Waals surface area contributed by atoms with Crippen LogP contribution in [0.2, 0.25) is 0 Å². The first kappa shape index (κ1) is 17.3. The van der Waals surface area contributed by atoms with Crippen molar-refractivity contribution in [3.8, 4) is 23.2 Å². The van der Waals surface area contributed by atoms with E-state index in [0.717, 1.165) is 0 Å². The van der Waals surface area contributed by atoms with Crippen molar-refractivity contribution in [3.63, 3.8) is 0 Å². The summed E-state index contributed by atoms with van der Waals surface area (Å²) in [5.74, 6) is 0.847. The molecule has 0 aliphatic carbocycles. The van der Waals surface area contributed by atoms with Gasteiger partial charge in [-0.15, -0.1) is 0 Å². The lowest BCUT2D eigenvalue weighted by Crippen LogP contribution is -2.32. The average Bonchev–Trinajstić information content (AvgIpc) is 2.99. The molecule has 0 saturated heterocycles. The average molecular weight is 330 g/mol. The van der Waals surface area contributed by atoms with Crippen molar-refractivity contribution in [2.75, 3.05) is 7.11 Å². The van der Waals surface area contributed by atoms with Gasteiger partial charge in [0.05, 0.1) is 19.3 Å². The van der Waals surface area contributed by atoms with Gasteiger partial charge in [0.1, 0.15) is 28.7 Å². The second-order valence-electron chi connectivity index (χ2n) is 5.92. The normalized spacial score (nSPS) is 10.8. The molecule has 2 rings (SSSR count). The maximum atomic E-state index is 11.6. The molecule has 8 nitrogen and oxygen atoms in total. The number of hydrogen-bond acceptors (Lipinski definition) is 7. The van der Waals surface area contributed by atoms with Crippen LogP contribution in [-0.4, -0.2) is 28.9 Å². The molecular formula is C16H18N4O4. The summed E-state index contributed by atoms with van der Waals surface area (Å²) in [5, 5.41) is 15.4. The predicted octanol–water partition coefficient (Wildman–Crippen LogP) is 2.64. The van der Waals surface area contributed by atoms with Crippen molar-refractivity contribution >= 4 is 6.09 Å². The number of nitriles is 1. The number of aromatic nitrogens is 2. The molecule has 0 bridgehead atoms. The summed E-state index contributed by atoms with van der Waals surface area (Å²) in [5.41, 5.74) is 0.730. The highest BCUT2D eigenvalue weighted by atomic mass is 16.6. The Morgan fingerprint density at radius 2 is 2.12 bits per heavy atom. The predicted molar refractivity (Wildman–Crippen MR) is 84.1 cm³/mol. The second-order valence-corrected chi connectivity index (χ2v) is 5.92. The van der Waals surface area contributed by atoms with E-state index in [-0.39, 0.29) is 6.54 Å². The van der Waals surface area contributed by atoms with Crippen LogP contribution in [0.5, 0.6) is 5.75 Å². The smallest absolute Gasteiger partial charge is 0.408 e. The van der Waals surface area contributed by atoms with Gasteiger partial charge in [0.25, 0.3) is 0 Å². The van der Waals surface area contributed by atoms with Crippen LogP contribution in [0.1, 0.15) is 32.1 Å². The number of hydrogen-bond donors (Lipinski definition) is 1. The molecule has 0 unspecified atom stereocenters. The minimum absolute atomic E-state index is 0.134. The number of carbonyl (C=O) groups excluding carboxylic acids is 1. The SMILES string of the molecule is COc1cc(-c2cc(CNC(=O)OC(C)(C)C)on2)ncc1C#N. The van der Waals surface area contributed by atoms with Gasteiger partial charge in [-0.3, -0.25) is 4.98 Å². The standard InChI is InChI=1S/C16H18N4O4/c1-16(2,3)23-15(21)19-9-11-5-13(20-24-11)12-6-14(22-4)10(7-17)8-18-12/h5-6,8H,9H2,1-4H3,(H,19,21). The Labute approximate surface area is 139 Å². The molecular weight excluding hydrogens is 312 g/mol. The molecule has 0 saturated carbocycles. The number of ether oxygens (including phenoxy) is 2. The number of nitrogens with one attached hydrogen (secondary N) is 1. The van der Waals surface area contributed by atoms with Crippen LogP contribution in [0, 0.1) is 11.3 Å². The first-order chi connectivity index (χ1) is 11.3. The van der Waals surface area contributed by atoms with Gasteiger partial charge in [-0.2, -0.15) is 5.26 Å². The lowest BCUT2D eigenvalue weighted by molar-refractivity contribution is 0.0519. The van der Waals surface area contributed by atoms with Crippen molar-refractivity contribution in [1.29, 1.82) is 5.26 Å². The summed E-state index contributed by atoms with van der Waals surface area (Å²) in [6.45, 7) is 5.48. The van der Waals surface area contributed by atoms with E-state index in [1.54, 1.807) is 32.9 Å². The molecule has 2 aromatic rings.